The fourth-order valence-electron chi connectivity index (χ4n) is 2.31. The number of anilines is 1. The number of nitrogens with zero attached hydrogens (tertiary/aromatic N) is 1. The first-order chi connectivity index (χ1) is 11.7. The Morgan fingerprint density at radius 1 is 1.28 bits per heavy atom. The van der Waals surface area contributed by atoms with Crippen molar-refractivity contribution in [1.29, 1.82) is 0 Å². The van der Waals surface area contributed by atoms with Crippen LogP contribution in [-0.4, -0.2) is 29.3 Å². The van der Waals surface area contributed by atoms with Crippen molar-refractivity contribution in [3.8, 4) is 0 Å². The molecule has 0 saturated heterocycles. The number of pyridine rings is 1. The summed E-state index contributed by atoms with van der Waals surface area (Å²) in [5.41, 5.74) is 1.28. The van der Waals surface area contributed by atoms with Gasteiger partial charge in [-0.1, -0.05) is 13.3 Å². The molecule has 136 valence electrons. The molecule has 0 saturated carbocycles. The minimum absolute atomic E-state index is 0.0937. The van der Waals surface area contributed by atoms with Crippen molar-refractivity contribution in [1.82, 2.24) is 4.98 Å². The topological polar surface area (TPSA) is 90.7 Å². The smallest absolute Gasteiger partial charge is 0.412 e. The maximum Gasteiger partial charge on any atom is 0.412 e. The Hall–Kier alpha value is -2.57. The fraction of sp³-hybridized carbons (Fsp3) is 0.500. The molecular formula is C18H24N2O5. The molecule has 2 rings (SSSR count). The van der Waals surface area contributed by atoms with Gasteiger partial charge < -0.3 is 13.9 Å². The van der Waals surface area contributed by atoms with Crippen LogP contribution in [0.25, 0.3) is 11.1 Å². The maximum atomic E-state index is 12.2. The summed E-state index contributed by atoms with van der Waals surface area (Å²) < 4.78 is 15.9. The first kappa shape index (κ1) is 18.8. The van der Waals surface area contributed by atoms with Crippen LogP contribution in [0.2, 0.25) is 0 Å². The van der Waals surface area contributed by atoms with Crippen molar-refractivity contribution in [3.05, 3.63) is 23.6 Å². The monoisotopic (exact) mass is 348 g/mol. The number of amides is 1. The van der Waals surface area contributed by atoms with Crippen molar-refractivity contribution in [2.45, 2.75) is 53.1 Å². The molecular weight excluding hydrogens is 324 g/mol. The van der Waals surface area contributed by atoms with Crippen LogP contribution < -0.4 is 5.32 Å². The van der Waals surface area contributed by atoms with E-state index in [0.717, 1.165) is 18.4 Å². The number of rotatable bonds is 5. The van der Waals surface area contributed by atoms with E-state index in [4.69, 9.17) is 13.9 Å². The fourth-order valence-corrected chi connectivity index (χ4v) is 2.31. The van der Waals surface area contributed by atoms with Crippen LogP contribution in [-0.2, 0) is 15.9 Å². The van der Waals surface area contributed by atoms with Gasteiger partial charge in [0.05, 0.1) is 6.61 Å². The van der Waals surface area contributed by atoms with E-state index < -0.39 is 17.7 Å². The molecule has 0 aliphatic carbocycles. The number of aryl methyl sites for hydroxylation is 1. The summed E-state index contributed by atoms with van der Waals surface area (Å²) in [5.74, 6) is -0.757. The predicted molar refractivity (Wildman–Crippen MR) is 93.8 cm³/mol. The van der Waals surface area contributed by atoms with E-state index in [1.165, 1.54) is 0 Å². The van der Waals surface area contributed by atoms with Crippen molar-refractivity contribution >= 4 is 28.8 Å². The highest BCUT2D eigenvalue weighted by molar-refractivity contribution is 6.07. The second-order valence-electron chi connectivity index (χ2n) is 6.59. The molecule has 0 atom stereocenters. The van der Waals surface area contributed by atoms with Crippen LogP contribution in [0, 0.1) is 0 Å². The number of ether oxygens (including phenoxy) is 2. The van der Waals surface area contributed by atoms with E-state index >= 15 is 0 Å². The van der Waals surface area contributed by atoms with Crippen LogP contribution in [0.4, 0.5) is 10.5 Å². The van der Waals surface area contributed by atoms with Crippen LogP contribution in [0.15, 0.2) is 16.7 Å². The average molecular weight is 348 g/mol. The Kier molecular flexibility index (Phi) is 5.66. The van der Waals surface area contributed by atoms with Crippen molar-refractivity contribution in [2.24, 2.45) is 0 Å². The summed E-state index contributed by atoms with van der Waals surface area (Å²) in [6.07, 6.45) is 2.81. The summed E-state index contributed by atoms with van der Waals surface area (Å²) in [4.78, 5) is 28.6. The van der Waals surface area contributed by atoms with E-state index in [2.05, 4.69) is 17.2 Å². The number of aromatic nitrogens is 1. The third-order valence-electron chi connectivity index (χ3n) is 3.21. The first-order valence-electron chi connectivity index (χ1n) is 8.33. The van der Waals surface area contributed by atoms with Crippen molar-refractivity contribution < 1.29 is 23.5 Å². The number of furan rings is 1. The molecule has 0 bridgehead atoms. The van der Waals surface area contributed by atoms with E-state index in [1.807, 2.05) is 6.07 Å². The van der Waals surface area contributed by atoms with E-state index in [9.17, 15) is 9.59 Å². The van der Waals surface area contributed by atoms with Gasteiger partial charge in [-0.05, 0) is 45.7 Å². The number of carbonyl (C=O) groups excluding carboxylic acids is 2. The summed E-state index contributed by atoms with van der Waals surface area (Å²) in [7, 11) is 0. The number of fused-ring (bicyclic) bond motifs is 1. The number of hydrogen-bond donors (Lipinski definition) is 1. The van der Waals surface area contributed by atoms with E-state index in [0.29, 0.717) is 11.1 Å². The van der Waals surface area contributed by atoms with Crippen LogP contribution >= 0.6 is 0 Å². The summed E-state index contributed by atoms with van der Waals surface area (Å²) >= 11 is 0. The summed E-state index contributed by atoms with van der Waals surface area (Å²) in [6.45, 7) is 9.20. The zero-order chi connectivity index (χ0) is 18.6. The lowest BCUT2D eigenvalue weighted by Crippen LogP contribution is -2.27. The van der Waals surface area contributed by atoms with E-state index in [-0.39, 0.29) is 18.1 Å². The molecule has 1 amide bonds. The minimum Gasteiger partial charge on any atom is -0.460 e. The largest absolute Gasteiger partial charge is 0.460 e. The molecule has 2 aromatic rings. The van der Waals surface area contributed by atoms with Gasteiger partial charge in [-0.2, -0.15) is 0 Å². The molecule has 0 aliphatic heterocycles. The quantitative estimate of drug-likeness (QED) is 0.810. The highest BCUT2D eigenvalue weighted by Gasteiger charge is 2.26. The molecule has 0 radical (unpaired) electrons. The Labute approximate surface area is 146 Å². The third kappa shape index (κ3) is 4.71. The van der Waals surface area contributed by atoms with Crippen LogP contribution in [0.3, 0.4) is 0 Å². The summed E-state index contributed by atoms with van der Waals surface area (Å²) in [6, 6.07) is 1.81. The van der Waals surface area contributed by atoms with Gasteiger partial charge in [-0.25, -0.2) is 9.59 Å². The van der Waals surface area contributed by atoms with Gasteiger partial charge in [0.2, 0.25) is 5.76 Å². The molecule has 7 heteroatoms. The second kappa shape index (κ2) is 7.55. The Bertz CT molecular complexity index is 774. The molecule has 25 heavy (non-hydrogen) atoms. The number of nitrogens with one attached hydrogen (secondary N) is 1. The van der Waals surface area contributed by atoms with Crippen molar-refractivity contribution in [2.75, 3.05) is 11.9 Å². The zero-order valence-corrected chi connectivity index (χ0v) is 15.3. The average Bonchev–Trinajstić information content (AvgIpc) is 2.84. The van der Waals surface area contributed by atoms with E-state index in [1.54, 1.807) is 33.9 Å². The predicted octanol–water partition coefficient (Wildman–Crippen LogP) is 4.30. The number of hydrogen-bond acceptors (Lipinski definition) is 6. The Balaban J connectivity index is 2.44. The molecule has 2 aromatic heterocycles. The third-order valence-corrected chi connectivity index (χ3v) is 3.21. The van der Waals surface area contributed by atoms with Gasteiger partial charge in [-0.15, -0.1) is 0 Å². The highest BCUT2D eigenvalue weighted by atomic mass is 16.6. The van der Waals surface area contributed by atoms with Gasteiger partial charge in [0.25, 0.3) is 0 Å². The lowest BCUT2D eigenvalue weighted by Gasteiger charge is -2.19. The zero-order valence-electron chi connectivity index (χ0n) is 15.3. The molecule has 0 aliphatic rings. The van der Waals surface area contributed by atoms with Gasteiger partial charge in [0.15, 0.2) is 5.58 Å². The molecule has 0 aromatic carbocycles. The molecule has 2 heterocycles. The number of esters is 1. The normalized spacial score (nSPS) is 11.4. The lowest BCUT2D eigenvalue weighted by atomic mass is 10.1. The molecule has 0 spiro atoms. The second-order valence-corrected chi connectivity index (χ2v) is 6.59. The number of carbonyl (C=O) groups is 2. The lowest BCUT2D eigenvalue weighted by molar-refractivity contribution is 0.0494. The molecule has 1 N–H and O–H groups in total. The van der Waals surface area contributed by atoms with Crippen LogP contribution in [0.1, 0.15) is 57.2 Å². The first-order valence-corrected chi connectivity index (χ1v) is 8.33. The van der Waals surface area contributed by atoms with Gasteiger partial charge in [0, 0.05) is 6.20 Å². The van der Waals surface area contributed by atoms with Crippen LogP contribution in [0.5, 0.6) is 0 Å². The minimum atomic E-state index is -0.694. The van der Waals surface area contributed by atoms with Gasteiger partial charge in [-0.3, -0.25) is 10.3 Å². The molecule has 7 nitrogen and oxygen atoms in total. The van der Waals surface area contributed by atoms with Gasteiger partial charge >= 0.3 is 12.1 Å². The molecule has 0 unspecified atom stereocenters. The standard InChI is InChI=1S/C18H24N2O5/c1-6-8-11-9-12-13(19-10-11)14(15(24-12)16(21)23-7-2)20-17(22)25-18(3,4)5/h9-10H,6-8H2,1-5H3,(H,20,22). The van der Waals surface area contributed by atoms with Gasteiger partial charge in [0.1, 0.15) is 16.8 Å². The Morgan fingerprint density at radius 2 is 2.00 bits per heavy atom. The molecule has 0 fully saturated rings. The SMILES string of the molecule is CCCc1cnc2c(NC(=O)OC(C)(C)C)c(C(=O)OCC)oc2c1. The Morgan fingerprint density at radius 3 is 2.60 bits per heavy atom. The van der Waals surface area contributed by atoms with Crippen molar-refractivity contribution in [3.63, 3.8) is 0 Å². The maximum absolute atomic E-state index is 12.2. The summed E-state index contributed by atoms with van der Waals surface area (Å²) in [5, 5.41) is 2.56. The highest BCUT2D eigenvalue weighted by Crippen LogP contribution is 2.31.